The summed E-state index contributed by atoms with van der Waals surface area (Å²) in [6.45, 7) is 10.6. The van der Waals surface area contributed by atoms with Gasteiger partial charge in [-0.1, -0.05) is 52.3 Å². The molecule has 156 valence electrons. The van der Waals surface area contributed by atoms with E-state index in [1.807, 2.05) is 31.2 Å². The van der Waals surface area contributed by atoms with Crippen LogP contribution in [0.1, 0.15) is 63.4 Å². The second-order valence-corrected chi connectivity index (χ2v) is 8.09. The number of hydrogen-bond acceptors (Lipinski definition) is 4. The normalized spacial score (nSPS) is 12.2. The van der Waals surface area contributed by atoms with Crippen LogP contribution in [-0.2, 0) is 14.9 Å². The molecule has 2 rings (SSSR count). The van der Waals surface area contributed by atoms with Crippen LogP contribution in [0.4, 0.5) is 5.69 Å². The number of esters is 1. The van der Waals surface area contributed by atoms with Gasteiger partial charge in [0.15, 0.2) is 6.10 Å². The molecule has 0 saturated carbocycles. The smallest absolute Gasteiger partial charge is 0.338 e. The van der Waals surface area contributed by atoms with E-state index in [-0.39, 0.29) is 11.3 Å². The molecule has 0 aliphatic carbocycles. The van der Waals surface area contributed by atoms with Crippen molar-refractivity contribution in [2.45, 2.75) is 59.0 Å². The minimum absolute atomic E-state index is 0.0597. The van der Waals surface area contributed by atoms with Crippen molar-refractivity contribution in [2.24, 2.45) is 0 Å². The van der Waals surface area contributed by atoms with Crippen molar-refractivity contribution in [3.05, 3.63) is 59.7 Å². The first-order valence-corrected chi connectivity index (χ1v) is 10.1. The zero-order valence-electron chi connectivity index (χ0n) is 18.0. The molecular formula is C24H31NO4. The first-order chi connectivity index (χ1) is 13.7. The quantitative estimate of drug-likeness (QED) is 0.482. The summed E-state index contributed by atoms with van der Waals surface area (Å²) in [5, 5.41) is 2.79. The lowest BCUT2D eigenvalue weighted by molar-refractivity contribution is -0.122. The van der Waals surface area contributed by atoms with Gasteiger partial charge in [-0.15, -0.1) is 0 Å². The molecule has 0 spiro atoms. The summed E-state index contributed by atoms with van der Waals surface area (Å²) < 4.78 is 11.0. The second kappa shape index (κ2) is 10.1. The van der Waals surface area contributed by atoms with Gasteiger partial charge in [-0.2, -0.15) is 0 Å². The van der Waals surface area contributed by atoms with E-state index in [0.717, 1.165) is 12.8 Å². The third-order valence-electron chi connectivity index (χ3n) is 4.50. The molecule has 0 aliphatic heterocycles. The molecule has 0 heterocycles. The summed E-state index contributed by atoms with van der Waals surface area (Å²) in [6, 6.07) is 14.5. The topological polar surface area (TPSA) is 64.6 Å². The van der Waals surface area contributed by atoms with E-state index >= 15 is 0 Å². The molecule has 5 nitrogen and oxygen atoms in total. The van der Waals surface area contributed by atoms with E-state index in [1.54, 1.807) is 31.2 Å². The predicted molar refractivity (Wildman–Crippen MR) is 115 cm³/mol. The van der Waals surface area contributed by atoms with Gasteiger partial charge in [-0.05, 0) is 54.7 Å². The van der Waals surface area contributed by atoms with Gasteiger partial charge in [0.25, 0.3) is 5.91 Å². The molecule has 29 heavy (non-hydrogen) atoms. The number of nitrogens with one attached hydrogen (secondary N) is 1. The van der Waals surface area contributed by atoms with Crippen molar-refractivity contribution in [1.82, 2.24) is 0 Å². The number of rotatable bonds is 8. The number of hydrogen-bond donors (Lipinski definition) is 1. The highest BCUT2D eigenvalue weighted by Crippen LogP contribution is 2.24. The van der Waals surface area contributed by atoms with Crippen LogP contribution in [0.2, 0.25) is 0 Å². The lowest BCUT2D eigenvalue weighted by atomic mass is 9.87. The van der Waals surface area contributed by atoms with Crippen molar-refractivity contribution in [3.63, 3.8) is 0 Å². The third kappa shape index (κ3) is 6.93. The van der Waals surface area contributed by atoms with Crippen LogP contribution in [0.25, 0.3) is 0 Å². The molecule has 0 aliphatic rings. The molecule has 0 fully saturated rings. The molecule has 1 N–H and O–H groups in total. The lowest BCUT2D eigenvalue weighted by Crippen LogP contribution is -2.30. The number of unbranched alkanes of at least 4 members (excludes halogenated alkanes) is 1. The molecule has 0 saturated heterocycles. The van der Waals surface area contributed by atoms with Crippen molar-refractivity contribution in [1.29, 1.82) is 0 Å². The molecule has 1 amide bonds. The molecule has 2 aromatic carbocycles. The minimum Gasteiger partial charge on any atom is -0.481 e. The maximum absolute atomic E-state index is 12.5. The molecular weight excluding hydrogens is 366 g/mol. The fraction of sp³-hybridized carbons (Fsp3) is 0.417. The Bertz CT molecular complexity index is 822. The molecule has 0 radical (unpaired) electrons. The Balaban J connectivity index is 1.95. The number of carbonyl (C=O) groups is 2. The average molecular weight is 398 g/mol. The summed E-state index contributed by atoms with van der Waals surface area (Å²) >= 11 is 0. The van der Waals surface area contributed by atoms with Gasteiger partial charge in [0.2, 0.25) is 0 Å². The highest BCUT2D eigenvalue weighted by Gasteiger charge is 2.17. The Morgan fingerprint density at radius 3 is 2.38 bits per heavy atom. The molecule has 1 atom stereocenters. The van der Waals surface area contributed by atoms with Crippen LogP contribution >= 0.6 is 0 Å². The van der Waals surface area contributed by atoms with Crippen LogP contribution < -0.4 is 10.1 Å². The van der Waals surface area contributed by atoms with Crippen LogP contribution in [-0.4, -0.2) is 24.6 Å². The minimum atomic E-state index is -0.685. The zero-order chi connectivity index (χ0) is 21.4. The first-order valence-electron chi connectivity index (χ1n) is 10.1. The lowest BCUT2D eigenvalue weighted by Gasteiger charge is -2.20. The molecule has 0 bridgehead atoms. The number of ether oxygens (including phenoxy) is 2. The standard InChI is InChI=1S/C24H31NO4/c1-6-7-15-28-23(27)18-9-8-10-20(16-18)25-22(26)17(2)29-21-13-11-19(12-14-21)24(3,4)5/h8-14,16-17H,6-7,15H2,1-5H3,(H,25,26). The van der Waals surface area contributed by atoms with E-state index in [2.05, 4.69) is 26.1 Å². The van der Waals surface area contributed by atoms with Gasteiger partial charge in [0.05, 0.1) is 12.2 Å². The maximum Gasteiger partial charge on any atom is 0.338 e. The van der Waals surface area contributed by atoms with Gasteiger partial charge >= 0.3 is 5.97 Å². The Labute approximate surface area is 173 Å². The Morgan fingerprint density at radius 2 is 1.76 bits per heavy atom. The molecule has 1 unspecified atom stereocenters. The monoisotopic (exact) mass is 397 g/mol. The van der Waals surface area contributed by atoms with E-state index in [1.165, 1.54) is 5.56 Å². The van der Waals surface area contributed by atoms with E-state index in [4.69, 9.17) is 9.47 Å². The third-order valence-corrected chi connectivity index (χ3v) is 4.50. The van der Waals surface area contributed by atoms with Gasteiger partial charge in [0, 0.05) is 5.69 Å². The van der Waals surface area contributed by atoms with Gasteiger partial charge < -0.3 is 14.8 Å². The fourth-order valence-electron chi connectivity index (χ4n) is 2.65. The summed E-state index contributed by atoms with van der Waals surface area (Å²) in [7, 11) is 0. The fourth-order valence-corrected chi connectivity index (χ4v) is 2.65. The summed E-state index contributed by atoms with van der Waals surface area (Å²) in [4.78, 5) is 24.6. The van der Waals surface area contributed by atoms with Gasteiger partial charge in [0.1, 0.15) is 5.75 Å². The van der Waals surface area contributed by atoms with Crippen molar-refractivity contribution in [2.75, 3.05) is 11.9 Å². The number of benzene rings is 2. The van der Waals surface area contributed by atoms with Crippen molar-refractivity contribution < 1.29 is 19.1 Å². The highest BCUT2D eigenvalue weighted by atomic mass is 16.5. The zero-order valence-corrected chi connectivity index (χ0v) is 18.0. The molecule has 0 aromatic heterocycles. The second-order valence-electron chi connectivity index (χ2n) is 8.09. The molecule has 5 heteroatoms. The van der Waals surface area contributed by atoms with Gasteiger partial charge in [-0.25, -0.2) is 4.79 Å². The Hall–Kier alpha value is -2.82. The summed E-state index contributed by atoms with van der Waals surface area (Å²) in [5.41, 5.74) is 2.19. The predicted octanol–water partition coefficient (Wildman–Crippen LogP) is 5.35. The maximum atomic E-state index is 12.5. The number of amides is 1. The molecule has 2 aromatic rings. The van der Waals surface area contributed by atoms with Crippen molar-refractivity contribution >= 4 is 17.6 Å². The van der Waals surface area contributed by atoms with Crippen LogP contribution in [0, 0.1) is 0 Å². The Kier molecular flexibility index (Phi) is 7.82. The average Bonchev–Trinajstić information content (AvgIpc) is 2.68. The first kappa shape index (κ1) is 22.5. The van der Waals surface area contributed by atoms with Gasteiger partial charge in [-0.3, -0.25) is 4.79 Å². The number of carbonyl (C=O) groups excluding carboxylic acids is 2. The van der Waals surface area contributed by atoms with Crippen LogP contribution in [0.15, 0.2) is 48.5 Å². The number of anilines is 1. The van der Waals surface area contributed by atoms with E-state index in [9.17, 15) is 9.59 Å². The largest absolute Gasteiger partial charge is 0.481 e. The van der Waals surface area contributed by atoms with Crippen molar-refractivity contribution in [3.8, 4) is 5.75 Å². The van der Waals surface area contributed by atoms with E-state index in [0.29, 0.717) is 23.6 Å². The SMILES string of the molecule is CCCCOC(=O)c1cccc(NC(=O)C(C)Oc2ccc(C(C)(C)C)cc2)c1. The van der Waals surface area contributed by atoms with Crippen LogP contribution in [0.5, 0.6) is 5.75 Å². The van der Waals surface area contributed by atoms with E-state index < -0.39 is 12.1 Å². The summed E-state index contributed by atoms with van der Waals surface area (Å²) in [6.07, 6.45) is 1.10. The Morgan fingerprint density at radius 1 is 1.07 bits per heavy atom. The highest BCUT2D eigenvalue weighted by molar-refractivity contribution is 5.96. The summed E-state index contributed by atoms with van der Waals surface area (Å²) in [5.74, 6) is -0.0481. The van der Waals surface area contributed by atoms with Crippen LogP contribution in [0.3, 0.4) is 0 Å².